The molecule has 110 valence electrons. The molecule has 4 nitrogen and oxygen atoms in total. The van der Waals surface area contributed by atoms with Gasteiger partial charge in [0.25, 0.3) is 0 Å². The Morgan fingerprint density at radius 2 is 1.95 bits per heavy atom. The van der Waals surface area contributed by atoms with Gasteiger partial charge in [0.2, 0.25) is 5.91 Å². The topological polar surface area (TPSA) is 32.8 Å². The van der Waals surface area contributed by atoms with Crippen molar-refractivity contribution < 1.29 is 9.53 Å². The predicted molar refractivity (Wildman–Crippen MR) is 84.7 cm³/mol. The summed E-state index contributed by atoms with van der Waals surface area (Å²) in [6.45, 7) is 1.89. The normalized spacial score (nSPS) is 18.8. The molecule has 1 aliphatic rings. The van der Waals surface area contributed by atoms with E-state index >= 15 is 0 Å². The van der Waals surface area contributed by atoms with E-state index in [4.69, 9.17) is 4.74 Å². The molecule has 1 saturated heterocycles. The number of methoxy groups -OCH3 is 1. The molecule has 2 rings (SSSR count). The minimum Gasteiger partial charge on any atom is -0.378 e. The lowest BCUT2D eigenvalue weighted by atomic mass is 9.88. The molecule has 1 heterocycles. The zero-order chi connectivity index (χ0) is 14.6. The van der Waals surface area contributed by atoms with Crippen LogP contribution in [0.1, 0.15) is 19.3 Å². The van der Waals surface area contributed by atoms with Crippen molar-refractivity contribution in [3.63, 3.8) is 0 Å². The standard InChI is InChI=1S/C15H23N2O2P/c1-16(13-6-4-3-5-7-13)14(18)12-15(19-2)8-10-17(20)11-9-15/h3-7H,8-12,20H2,1-2H3. The molecule has 1 aromatic carbocycles. The van der Waals surface area contributed by atoms with Gasteiger partial charge in [-0.2, -0.15) is 0 Å². The van der Waals surface area contributed by atoms with Crippen LogP contribution in [0, 0.1) is 0 Å². The highest BCUT2D eigenvalue weighted by atomic mass is 31.0. The molecule has 0 aliphatic carbocycles. The summed E-state index contributed by atoms with van der Waals surface area (Å²) in [6.07, 6.45) is 2.22. The first kappa shape index (κ1) is 15.4. The van der Waals surface area contributed by atoms with Gasteiger partial charge in [-0.15, -0.1) is 0 Å². The van der Waals surface area contributed by atoms with Crippen LogP contribution in [-0.4, -0.2) is 43.4 Å². The first-order valence-corrected chi connectivity index (χ1v) is 7.44. The summed E-state index contributed by atoms with van der Waals surface area (Å²) in [5.41, 5.74) is 0.611. The number of piperidine rings is 1. The highest BCUT2D eigenvalue weighted by Gasteiger charge is 2.36. The number of amides is 1. The van der Waals surface area contributed by atoms with Crippen molar-refractivity contribution in [3.8, 4) is 0 Å². The van der Waals surface area contributed by atoms with Crippen LogP contribution in [0.15, 0.2) is 30.3 Å². The maximum absolute atomic E-state index is 12.5. The Labute approximate surface area is 123 Å². The average Bonchev–Trinajstić information content (AvgIpc) is 2.50. The molecule has 0 radical (unpaired) electrons. The van der Waals surface area contributed by atoms with Crippen LogP contribution in [-0.2, 0) is 9.53 Å². The summed E-state index contributed by atoms with van der Waals surface area (Å²) < 4.78 is 7.90. The van der Waals surface area contributed by atoms with Crippen LogP contribution in [0.2, 0.25) is 0 Å². The van der Waals surface area contributed by atoms with E-state index in [0.29, 0.717) is 6.42 Å². The third-order valence-electron chi connectivity index (χ3n) is 4.13. The van der Waals surface area contributed by atoms with E-state index in [1.165, 1.54) is 0 Å². The Kier molecular flexibility index (Phi) is 5.14. The third-order valence-corrected chi connectivity index (χ3v) is 4.65. The van der Waals surface area contributed by atoms with Gasteiger partial charge in [-0.1, -0.05) is 27.6 Å². The van der Waals surface area contributed by atoms with E-state index in [9.17, 15) is 4.79 Å². The van der Waals surface area contributed by atoms with Crippen molar-refractivity contribution >= 4 is 21.0 Å². The number of hydrogen-bond acceptors (Lipinski definition) is 3. The fraction of sp³-hybridized carbons (Fsp3) is 0.533. The van der Waals surface area contributed by atoms with Gasteiger partial charge in [0, 0.05) is 32.9 Å². The second-order valence-corrected chi connectivity index (χ2v) is 6.12. The molecule has 0 N–H and O–H groups in total. The van der Waals surface area contributed by atoms with Crippen LogP contribution in [0.5, 0.6) is 0 Å². The largest absolute Gasteiger partial charge is 0.378 e. The monoisotopic (exact) mass is 294 g/mol. The van der Waals surface area contributed by atoms with Gasteiger partial charge in [0.05, 0.1) is 12.0 Å². The van der Waals surface area contributed by atoms with E-state index < -0.39 is 0 Å². The molecule has 1 fully saturated rings. The van der Waals surface area contributed by atoms with Gasteiger partial charge in [0.15, 0.2) is 0 Å². The second kappa shape index (κ2) is 6.66. The van der Waals surface area contributed by atoms with Crippen LogP contribution in [0.4, 0.5) is 5.69 Å². The van der Waals surface area contributed by atoms with Crippen LogP contribution in [0.25, 0.3) is 0 Å². The molecule has 0 spiro atoms. The summed E-state index contributed by atoms with van der Waals surface area (Å²) in [6, 6.07) is 9.73. The summed E-state index contributed by atoms with van der Waals surface area (Å²) in [5.74, 6) is 0.107. The Hall–Kier alpha value is -0.960. The number of carbonyl (C=O) groups is 1. The number of carbonyl (C=O) groups excluding carboxylic acids is 1. The number of ether oxygens (including phenoxy) is 1. The Balaban J connectivity index is 2.02. The van der Waals surface area contributed by atoms with Crippen molar-refractivity contribution in [2.45, 2.75) is 24.9 Å². The van der Waals surface area contributed by atoms with E-state index in [2.05, 4.69) is 14.1 Å². The smallest absolute Gasteiger partial charge is 0.229 e. The average molecular weight is 294 g/mol. The van der Waals surface area contributed by atoms with Crippen LogP contribution < -0.4 is 4.90 Å². The Morgan fingerprint density at radius 1 is 1.35 bits per heavy atom. The number of nitrogens with zero attached hydrogens (tertiary/aromatic N) is 2. The lowest BCUT2D eigenvalue weighted by Crippen LogP contribution is -2.46. The summed E-state index contributed by atoms with van der Waals surface area (Å²) in [5, 5.41) is 0. The van der Waals surface area contributed by atoms with Gasteiger partial charge in [-0.25, -0.2) is 0 Å². The van der Waals surface area contributed by atoms with Crippen LogP contribution in [0.3, 0.4) is 0 Å². The minimum atomic E-state index is -0.312. The molecule has 1 atom stereocenters. The van der Waals surface area contributed by atoms with Crippen LogP contribution >= 0.6 is 9.39 Å². The number of anilines is 1. The maximum atomic E-state index is 12.5. The summed E-state index contributed by atoms with van der Waals surface area (Å²) in [7, 11) is 6.26. The fourth-order valence-corrected chi connectivity index (χ4v) is 2.83. The van der Waals surface area contributed by atoms with E-state index in [1.807, 2.05) is 37.4 Å². The highest BCUT2D eigenvalue weighted by Crippen LogP contribution is 2.31. The SMILES string of the molecule is COC1(CC(=O)N(C)c2ccccc2)CCN(P)CC1. The lowest BCUT2D eigenvalue weighted by molar-refractivity contribution is -0.127. The zero-order valence-electron chi connectivity index (χ0n) is 12.2. The minimum absolute atomic E-state index is 0.107. The molecule has 0 saturated carbocycles. The molecule has 1 aromatic rings. The van der Waals surface area contributed by atoms with E-state index in [1.54, 1.807) is 12.0 Å². The first-order valence-electron chi connectivity index (χ1n) is 6.93. The molecule has 1 amide bonds. The molecule has 5 heteroatoms. The van der Waals surface area contributed by atoms with Crippen molar-refractivity contribution in [3.05, 3.63) is 30.3 Å². The van der Waals surface area contributed by atoms with E-state index in [0.717, 1.165) is 31.6 Å². The molecular weight excluding hydrogens is 271 g/mol. The van der Waals surface area contributed by atoms with Crippen molar-refractivity contribution in [1.29, 1.82) is 0 Å². The Morgan fingerprint density at radius 3 is 2.50 bits per heavy atom. The molecular formula is C15H23N2O2P. The molecule has 1 unspecified atom stereocenters. The highest BCUT2D eigenvalue weighted by molar-refractivity contribution is 7.13. The number of rotatable bonds is 4. The van der Waals surface area contributed by atoms with E-state index in [-0.39, 0.29) is 11.5 Å². The lowest BCUT2D eigenvalue weighted by Gasteiger charge is -2.39. The Bertz CT molecular complexity index is 444. The van der Waals surface area contributed by atoms with Gasteiger partial charge in [-0.05, 0) is 25.0 Å². The van der Waals surface area contributed by atoms with Gasteiger partial charge < -0.3 is 9.64 Å². The third kappa shape index (κ3) is 3.57. The van der Waals surface area contributed by atoms with Gasteiger partial charge >= 0.3 is 0 Å². The van der Waals surface area contributed by atoms with Crippen molar-refractivity contribution in [2.75, 3.05) is 32.1 Å². The van der Waals surface area contributed by atoms with Crippen molar-refractivity contribution in [2.24, 2.45) is 0 Å². The first-order chi connectivity index (χ1) is 9.56. The quantitative estimate of drug-likeness (QED) is 0.799. The number of hydrogen-bond donors (Lipinski definition) is 0. The molecule has 20 heavy (non-hydrogen) atoms. The second-order valence-electron chi connectivity index (χ2n) is 5.39. The molecule has 1 aliphatic heterocycles. The number of benzene rings is 1. The fourth-order valence-electron chi connectivity index (χ4n) is 2.57. The molecule has 0 aromatic heterocycles. The van der Waals surface area contributed by atoms with Crippen molar-refractivity contribution in [1.82, 2.24) is 4.67 Å². The summed E-state index contributed by atoms with van der Waals surface area (Å²) >= 11 is 0. The zero-order valence-corrected chi connectivity index (χ0v) is 13.4. The number of para-hydroxylation sites is 1. The maximum Gasteiger partial charge on any atom is 0.229 e. The summed E-state index contributed by atoms with van der Waals surface area (Å²) in [4.78, 5) is 14.2. The molecule has 0 bridgehead atoms. The van der Waals surface area contributed by atoms with Gasteiger partial charge in [0.1, 0.15) is 0 Å². The predicted octanol–water partition coefficient (Wildman–Crippen LogP) is 2.31. The van der Waals surface area contributed by atoms with Gasteiger partial charge in [-0.3, -0.25) is 9.46 Å².